The van der Waals surface area contributed by atoms with Crippen LogP contribution in [0.5, 0.6) is 0 Å². The fraction of sp³-hybridized carbons (Fsp3) is 0.571. The van der Waals surface area contributed by atoms with Crippen LogP contribution in [-0.4, -0.2) is 16.3 Å². The lowest BCUT2D eigenvalue weighted by molar-refractivity contribution is -0.125. The second-order valence-corrected chi connectivity index (χ2v) is 5.13. The van der Waals surface area contributed by atoms with Crippen LogP contribution < -0.4 is 5.73 Å². The predicted molar refractivity (Wildman–Crippen MR) is 67.8 cm³/mol. The van der Waals surface area contributed by atoms with Gasteiger partial charge in [-0.1, -0.05) is 13.0 Å². The largest absolute Gasteiger partial charge is 0.319 e. The average molecular weight is 232 g/mol. The van der Waals surface area contributed by atoms with Crippen LogP contribution >= 0.6 is 0 Å². The van der Waals surface area contributed by atoms with E-state index in [2.05, 4.69) is 11.1 Å². The van der Waals surface area contributed by atoms with Crippen molar-refractivity contribution in [2.75, 3.05) is 0 Å². The molecular formula is C14H20N2O. The van der Waals surface area contributed by atoms with Crippen molar-refractivity contribution < 1.29 is 4.79 Å². The number of carbonyl (C=O) groups excluding carboxylic acids is 1. The van der Waals surface area contributed by atoms with E-state index in [1.165, 1.54) is 5.56 Å². The van der Waals surface area contributed by atoms with Crippen molar-refractivity contribution in [1.29, 1.82) is 0 Å². The van der Waals surface area contributed by atoms with Crippen LogP contribution in [0.1, 0.15) is 50.3 Å². The Bertz CT molecular complexity index is 426. The molecule has 2 rings (SSSR count). The smallest absolute Gasteiger partial charge is 0.161 e. The Morgan fingerprint density at radius 1 is 1.65 bits per heavy atom. The lowest BCUT2D eigenvalue weighted by Gasteiger charge is -2.30. The summed E-state index contributed by atoms with van der Waals surface area (Å²) in [5, 5.41) is 0. The molecule has 0 aliphatic heterocycles. The van der Waals surface area contributed by atoms with E-state index in [0.29, 0.717) is 6.42 Å². The van der Waals surface area contributed by atoms with Gasteiger partial charge in [0.1, 0.15) is 0 Å². The van der Waals surface area contributed by atoms with Gasteiger partial charge in [-0.25, -0.2) is 0 Å². The molecule has 0 bridgehead atoms. The molecule has 1 aliphatic carbocycles. The van der Waals surface area contributed by atoms with Crippen LogP contribution in [0.25, 0.3) is 0 Å². The molecule has 0 radical (unpaired) electrons. The topological polar surface area (TPSA) is 56.0 Å². The fourth-order valence-electron chi connectivity index (χ4n) is 2.44. The first-order valence-electron chi connectivity index (χ1n) is 6.33. The van der Waals surface area contributed by atoms with E-state index >= 15 is 0 Å². The maximum atomic E-state index is 12.4. The van der Waals surface area contributed by atoms with E-state index in [9.17, 15) is 4.79 Å². The van der Waals surface area contributed by atoms with Crippen LogP contribution in [0.15, 0.2) is 18.3 Å². The van der Waals surface area contributed by atoms with Crippen molar-refractivity contribution in [2.45, 2.75) is 51.0 Å². The monoisotopic (exact) mass is 232 g/mol. The summed E-state index contributed by atoms with van der Waals surface area (Å²) in [6.45, 7) is 3.78. The summed E-state index contributed by atoms with van der Waals surface area (Å²) in [4.78, 5) is 16.8. The number of carbonyl (C=O) groups is 1. The second-order valence-electron chi connectivity index (χ2n) is 5.13. The molecule has 1 aromatic rings. The highest BCUT2D eigenvalue weighted by Crippen LogP contribution is 2.33. The molecular weight excluding hydrogens is 212 g/mol. The standard InChI is InChI=1S/C14H20N2O/c1-3-14(2,15)13(17)11-8-4-6-10-7-5-9-16-12(10)11/h5,7,9,11H,3-4,6,8,15H2,1-2H3. The minimum Gasteiger partial charge on any atom is -0.319 e. The Balaban J connectivity index is 2.33. The van der Waals surface area contributed by atoms with Crippen molar-refractivity contribution in [3.05, 3.63) is 29.6 Å². The summed E-state index contributed by atoms with van der Waals surface area (Å²) in [5.74, 6) is 0.0366. The number of nitrogens with zero attached hydrogens (tertiary/aromatic N) is 1. The number of aryl methyl sites for hydroxylation is 1. The second kappa shape index (κ2) is 4.57. The number of nitrogens with two attached hydrogens (primary N) is 1. The van der Waals surface area contributed by atoms with Crippen LogP contribution in [-0.2, 0) is 11.2 Å². The average Bonchev–Trinajstić information content (AvgIpc) is 2.37. The number of fused-ring (bicyclic) bond motifs is 1. The van der Waals surface area contributed by atoms with Gasteiger partial charge in [0, 0.05) is 6.20 Å². The normalized spacial score (nSPS) is 22.6. The molecule has 0 spiro atoms. The molecule has 0 fully saturated rings. The zero-order valence-corrected chi connectivity index (χ0v) is 10.6. The van der Waals surface area contributed by atoms with Crippen molar-refractivity contribution in [2.24, 2.45) is 5.73 Å². The molecule has 0 amide bonds. The van der Waals surface area contributed by atoms with Gasteiger partial charge in [-0.3, -0.25) is 9.78 Å². The molecule has 2 atom stereocenters. The first-order chi connectivity index (χ1) is 8.06. The van der Waals surface area contributed by atoms with E-state index in [4.69, 9.17) is 5.73 Å². The van der Waals surface area contributed by atoms with E-state index < -0.39 is 5.54 Å². The first-order valence-corrected chi connectivity index (χ1v) is 6.33. The minimum absolute atomic E-state index is 0.102. The van der Waals surface area contributed by atoms with Crippen LogP contribution in [0, 0.1) is 0 Å². The van der Waals surface area contributed by atoms with Gasteiger partial charge >= 0.3 is 0 Å². The lowest BCUT2D eigenvalue weighted by atomic mass is 9.77. The molecule has 1 heterocycles. The highest BCUT2D eigenvalue weighted by molar-refractivity contribution is 5.93. The molecule has 2 N–H and O–H groups in total. The van der Waals surface area contributed by atoms with Gasteiger partial charge in [-0.05, 0) is 44.2 Å². The lowest BCUT2D eigenvalue weighted by Crippen LogP contribution is -2.47. The van der Waals surface area contributed by atoms with E-state index in [1.54, 1.807) is 6.20 Å². The van der Waals surface area contributed by atoms with Gasteiger partial charge in [0.05, 0.1) is 17.2 Å². The van der Waals surface area contributed by atoms with E-state index in [0.717, 1.165) is 25.0 Å². The summed E-state index contributed by atoms with van der Waals surface area (Å²) in [5.41, 5.74) is 7.51. The Morgan fingerprint density at radius 2 is 2.41 bits per heavy atom. The summed E-state index contributed by atoms with van der Waals surface area (Å²) in [6.07, 6.45) is 5.40. The Morgan fingerprint density at radius 3 is 3.12 bits per heavy atom. The van der Waals surface area contributed by atoms with Gasteiger partial charge in [0.25, 0.3) is 0 Å². The van der Waals surface area contributed by atoms with Gasteiger partial charge < -0.3 is 5.73 Å². The maximum absolute atomic E-state index is 12.4. The molecule has 0 saturated heterocycles. The van der Waals surface area contributed by atoms with Crippen molar-refractivity contribution in [3.8, 4) is 0 Å². The molecule has 1 aliphatic rings. The molecule has 0 saturated carbocycles. The van der Waals surface area contributed by atoms with Crippen molar-refractivity contribution >= 4 is 5.78 Å². The molecule has 3 heteroatoms. The Labute approximate surface area is 102 Å². The van der Waals surface area contributed by atoms with Gasteiger partial charge in [-0.2, -0.15) is 0 Å². The quantitative estimate of drug-likeness (QED) is 0.869. The molecule has 17 heavy (non-hydrogen) atoms. The number of pyridine rings is 1. The summed E-state index contributed by atoms with van der Waals surface area (Å²) in [7, 11) is 0. The third kappa shape index (κ3) is 2.25. The Hall–Kier alpha value is -1.22. The van der Waals surface area contributed by atoms with Crippen LogP contribution in [0.2, 0.25) is 0 Å². The van der Waals surface area contributed by atoms with Gasteiger partial charge in [0.15, 0.2) is 5.78 Å². The number of hydrogen-bond acceptors (Lipinski definition) is 3. The Kier molecular flexibility index (Phi) is 3.29. The zero-order chi connectivity index (χ0) is 12.5. The molecule has 2 unspecified atom stereocenters. The SMILES string of the molecule is CCC(C)(N)C(=O)C1CCCc2cccnc21. The fourth-order valence-corrected chi connectivity index (χ4v) is 2.44. The molecule has 1 aromatic heterocycles. The third-order valence-electron chi connectivity index (χ3n) is 3.81. The van der Waals surface area contributed by atoms with Crippen LogP contribution in [0.3, 0.4) is 0 Å². The summed E-state index contributed by atoms with van der Waals surface area (Å²) >= 11 is 0. The summed E-state index contributed by atoms with van der Waals surface area (Å²) < 4.78 is 0. The minimum atomic E-state index is -0.725. The summed E-state index contributed by atoms with van der Waals surface area (Å²) in [6, 6.07) is 4.01. The zero-order valence-electron chi connectivity index (χ0n) is 10.6. The molecule has 0 aromatic carbocycles. The number of rotatable bonds is 3. The highest BCUT2D eigenvalue weighted by Gasteiger charge is 2.36. The van der Waals surface area contributed by atoms with Crippen molar-refractivity contribution in [1.82, 2.24) is 4.98 Å². The van der Waals surface area contributed by atoms with Gasteiger partial charge in [0.2, 0.25) is 0 Å². The number of aromatic nitrogens is 1. The molecule has 3 nitrogen and oxygen atoms in total. The number of ketones is 1. The van der Waals surface area contributed by atoms with Gasteiger partial charge in [-0.15, -0.1) is 0 Å². The van der Waals surface area contributed by atoms with E-state index in [-0.39, 0.29) is 11.7 Å². The molecule has 92 valence electrons. The third-order valence-corrected chi connectivity index (χ3v) is 3.81. The number of hydrogen-bond donors (Lipinski definition) is 1. The first kappa shape index (κ1) is 12.2. The van der Waals surface area contributed by atoms with E-state index in [1.807, 2.05) is 19.9 Å². The van der Waals surface area contributed by atoms with Crippen LogP contribution in [0.4, 0.5) is 0 Å². The number of Topliss-reactive ketones (excluding diaryl/α,β-unsaturated/α-hetero) is 1. The van der Waals surface area contributed by atoms with Crippen molar-refractivity contribution in [3.63, 3.8) is 0 Å². The predicted octanol–water partition coefficient (Wildman–Crippen LogP) is 2.20. The maximum Gasteiger partial charge on any atom is 0.161 e. The highest BCUT2D eigenvalue weighted by atomic mass is 16.1.